The van der Waals surface area contributed by atoms with Crippen LogP contribution in [0.4, 0.5) is 0 Å². The smallest absolute Gasteiger partial charge is 0.262 e. The van der Waals surface area contributed by atoms with E-state index in [1.165, 1.54) is 25.8 Å². The Hall–Kier alpha value is -3.77. The highest BCUT2D eigenvalue weighted by molar-refractivity contribution is 6.45. The van der Waals surface area contributed by atoms with E-state index in [0.717, 1.165) is 0 Å². The van der Waals surface area contributed by atoms with E-state index in [2.05, 4.69) is 0 Å². The topological polar surface area (TPSA) is 166 Å². The Bertz CT molecular complexity index is 1900. The first-order valence-corrected chi connectivity index (χ1v) is 13.9. The van der Waals surface area contributed by atoms with Gasteiger partial charge in [-0.3, -0.25) is 19.2 Å². The van der Waals surface area contributed by atoms with Gasteiger partial charge >= 0.3 is 0 Å². The van der Waals surface area contributed by atoms with Crippen LogP contribution in [0.1, 0.15) is 87.3 Å². The molecular weight excluding hydrogens is 570 g/mol. The van der Waals surface area contributed by atoms with E-state index in [1.54, 1.807) is 0 Å². The van der Waals surface area contributed by atoms with E-state index in [4.69, 9.17) is 25.5 Å². The van der Waals surface area contributed by atoms with Gasteiger partial charge in [0.05, 0.1) is 36.5 Å². The predicted molar refractivity (Wildman–Crippen MR) is 151 cm³/mol. The number of carbonyl (C=O) groups is 2. The van der Waals surface area contributed by atoms with Crippen LogP contribution in [0.5, 0.6) is 11.5 Å². The van der Waals surface area contributed by atoms with Gasteiger partial charge in [0, 0.05) is 41.4 Å². The molecule has 0 spiro atoms. The molecule has 0 radical (unpaired) electrons. The number of pyridine rings is 1. The summed E-state index contributed by atoms with van der Waals surface area (Å²) in [7, 11) is 4.11. The van der Waals surface area contributed by atoms with Crippen LogP contribution in [0.15, 0.2) is 19.6 Å². The maximum atomic E-state index is 14.2. The number of rotatable bonds is 4. The minimum Gasteiger partial charge on any atom is -0.495 e. The van der Waals surface area contributed by atoms with Crippen LogP contribution in [0.25, 0.3) is 16.5 Å². The van der Waals surface area contributed by atoms with Crippen LogP contribution in [0.2, 0.25) is 5.02 Å². The fourth-order valence-electron chi connectivity index (χ4n) is 6.57. The molecule has 0 amide bonds. The summed E-state index contributed by atoms with van der Waals surface area (Å²) in [5.74, 6) is -1.54. The number of benzene rings is 1. The largest absolute Gasteiger partial charge is 0.495 e. The molecule has 0 bridgehead atoms. The monoisotopic (exact) mass is 597 g/mol. The average Bonchev–Trinajstić information content (AvgIpc) is 2.96. The molecule has 2 aromatic heterocycles. The van der Waals surface area contributed by atoms with Crippen molar-refractivity contribution < 1.29 is 38.8 Å². The zero-order valence-corrected chi connectivity index (χ0v) is 24.0. The molecule has 3 N–H and O–H groups in total. The standard InChI is InChI=1S/C30H28ClNO10/c1-5-6-12-21(31)17-18(30(39)32(12)2)24(37)15-10(22(17)35)7-8-11-16(15)28(41-4)20-25(38)19-23(36)13(33)9-14(34)27(19)42-29(20)26(11)40-3/h13-14,23,33-34,36H,5-9H2,1-4H3/t13-,14-,23-/m1/s1. The number of aromatic nitrogens is 1. The van der Waals surface area contributed by atoms with Crippen LogP contribution in [0.3, 0.4) is 0 Å². The minimum atomic E-state index is -1.65. The third-order valence-corrected chi connectivity index (χ3v) is 8.92. The maximum absolute atomic E-state index is 14.2. The van der Waals surface area contributed by atoms with Crippen molar-refractivity contribution in [3.8, 4) is 11.5 Å². The summed E-state index contributed by atoms with van der Waals surface area (Å²) in [4.78, 5) is 55.6. The molecule has 6 rings (SSSR count). The van der Waals surface area contributed by atoms with Crippen molar-refractivity contribution in [1.82, 2.24) is 4.57 Å². The number of carbonyl (C=O) groups excluding carboxylic acids is 2. The first-order valence-electron chi connectivity index (χ1n) is 13.6. The summed E-state index contributed by atoms with van der Waals surface area (Å²) in [6, 6.07) is 0. The number of methoxy groups -OCH3 is 2. The van der Waals surface area contributed by atoms with Gasteiger partial charge in [0.2, 0.25) is 11.2 Å². The van der Waals surface area contributed by atoms with Crippen LogP contribution >= 0.6 is 11.6 Å². The van der Waals surface area contributed by atoms with Gasteiger partial charge in [-0.25, -0.2) is 0 Å². The van der Waals surface area contributed by atoms with Crippen molar-refractivity contribution in [2.24, 2.45) is 7.05 Å². The molecule has 3 aliphatic carbocycles. The van der Waals surface area contributed by atoms with E-state index in [0.29, 0.717) is 24.1 Å². The average molecular weight is 598 g/mol. The highest BCUT2D eigenvalue weighted by Crippen LogP contribution is 2.51. The Labute approximate surface area is 243 Å². The Morgan fingerprint density at radius 1 is 0.976 bits per heavy atom. The minimum absolute atomic E-state index is 0.0612. The molecule has 0 fully saturated rings. The van der Waals surface area contributed by atoms with Crippen molar-refractivity contribution in [2.45, 2.75) is 57.3 Å². The number of aliphatic hydroxyl groups excluding tert-OH is 3. The fraction of sp³-hybridized carbons (Fsp3) is 0.400. The number of ether oxygens (including phenoxy) is 2. The summed E-state index contributed by atoms with van der Waals surface area (Å²) < 4.78 is 18.7. The van der Waals surface area contributed by atoms with Crippen molar-refractivity contribution in [3.63, 3.8) is 0 Å². The maximum Gasteiger partial charge on any atom is 0.262 e. The lowest BCUT2D eigenvalue weighted by Gasteiger charge is -2.32. The number of hydrogen-bond acceptors (Lipinski definition) is 10. The van der Waals surface area contributed by atoms with Gasteiger partial charge in [0.25, 0.3) is 5.56 Å². The number of ketones is 2. The van der Waals surface area contributed by atoms with Crippen molar-refractivity contribution in [1.29, 1.82) is 0 Å². The lowest BCUT2D eigenvalue weighted by Crippen LogP contribution is -2.36. The molecular formula is C30H28ClNO10. The second-order valence-electron chi connectivity index (χ2n) is 10.7. The van der Waals surface area contributed by atoms with E-state index >= 15 is 0 Å². The van der Waals surface area contributed by atoms with E-state index in [1.807, 2.05) is 6.92 Å². The molecule has 42 heavy (non-hydrogen) atoms. The molecule has 3 atom stereocenters. The van der Waals surface area contributed by atoms with Gasteiger partial charge in [-0.1, -0.05) is 24.9 Å². The van der Waals surface area contributed by atoms with Crippen LogP contribution in [0, 0.1) is 0 Å². The molecule has 2 heterocycles. The Morgan fingerprint density at radius 2 is 1.67 bits per heavy atom. The molecule has 0 saturated heterocycles. The number of fused-ring (bicyclic) bond motifs is 5. The van der Waals surface area contributed by atoms with E-state index in [-0.39, 0.29) is 85.9 Å². The molecule has 0 aliphatic heterocycles. The molecule has 1 aromatic carbocycles. The number of aliphatic hydroxyl groups is 3. The molecule has 12 heteroatoms. The van der Waals surface area contributed by atoms with Crippen molar-refractivity contribution in [3.05, 3.63) is 70.4 Å². The van der Waals surface area contributed by atoms with Gasteiger partial charge in [-0.2, -0.15) is 0 Å². The number of Topliss-reactive ketones (excluding diaryl/α,β-unsaturated/α-hetero) is 2. The quantitative estimate of drug-likeness (QED) is 0.407. The lowest BCUT2D eigenvalue weighted by atomic mass is 9.73. The molecule has 3 aromatic rings. The lowest BCUT2D eigenvalue weighted by molar-refractivity contribution is -0.0373. The molecule has 3 aliphatic rings. The second kappa shape index (κ2) is 9.91. The number of nitrogens with zero attached hydrogens (tertiary/aromatic N) is 1. The van der Waals surface area contributed by atoms with Crippen molar-refractivity contribution in [2.75, 3.05) is 14.2 Å². The van der Waals surface area contributed by atoms with Crippen LogP contribution in [-0.2, 0) is 19.9 Å². The molecule has 0 unspecified atom stereocenters. The zero-order valence-electron chi connectivity index (χ0n) is 23.3. The molecule has 220 valence electrons. The number of hydrogen-bond donors (Lipinski definition) is 3. The number of allylic oxidation sites excluding steroid dienone is 2. The van der Waals surface area contributed by atoms with Crippen LogP contribution in [-0.4, -0.2) is 51.8 Å². The first kappa shape index (κ1) is 28.4. The summed E-state index contributed by atoms with van der Waals surface area (Å²) in [6.07, 6.45) is -3.32. The van der Waals surface area contributed by atoms with Gasteiger partial charge in [-0.05, 0) is 19.3 Å². The van der Waals surface area contributed by atoms with Gasteiger partial charge in [-0.15, -0.1) is 0 Å². The normalized spacial score (nSPS) is 21.2. The van der Waals surface area contributed by atoms with Gasteiger partial charge < -0.3 is 33.8 Å². The Morgan fingerprint density at radius 3 is 2.31 bits per heavy atom. The van der Waals surface area contributed by atoms with E-state index in [9.17, 15) is 34.5 Å². The summed E-state index contributed by atoms with van der Waals surface area (Å²) in [6.45, 7) is 1.91. The summed E-state index contributed by atoms with van der Waals surface area (Å²) in [5, 5.41) is 31.4. The van der Waals surface area contributed by atoms with Crippen molar-refractivity contribution >= 4 is 39.7 Å². The summed E-state index contributed by atoms with van der Waals surface area (Å²) in [5.41, 5.74) is -1.39. The highest BCUT2D eigenvalue weighted by atomic mass is 35.5. The fourth-order valence-corrected chi connectivity index (χ4v) is 6.97. The molecule has 0 saturated carbocycles. The third kappa shape index (κ3) is 3.57. The molecule has 11 nitrogen and oxygen atoms in total. The third-order valence-electron chi connectivity index (χ3n) is 8.51. The second-order valence-corrected chi connectivity index (χ2v) is 11.1. The zero-order chi connectivity index (χ0) is 30.4. The van der Waals surface area contributed by atoms with Crippen LogP contribution < -0.4 is 20.5 Å². The van der Waals surface area contributed by atoms with E-state index < -0.39 is 40.9 Å². The number of halogens is 1. The SMILES string of the molecule is CCCc1c(Cl)c2c(c(=O)n1C)C(=O)C1=C(CCc3c1c(OC)c1c(=O)c4c(oc1c3OC)[C@H](O)C[C@@H](O)[C@H]4O)C2=O. The van der Waals surface area contributed by atoms with Gasteiger partial charge in [0.15, 0.2) is 17.1 Å². The van der Waals surface area contributed by atoms with Gasteiger partial charge in [0.1, 0.15) is 34.7 Å². The Balaban J connectivity index is 1.73. The highest BCUT2D eigenvalue weighted by Gasteiger charge is 2.44. The first-order chi connectivity index (χ1) is 20.0. The Kier molecular flexibility index (Phi) is 6.69. The predicted octanol–water partition coefficient (Wildman–Crippen LogP) is 2.73. The summed E-state index contributed by atoms with van der Waals surface area (Å²) >= 11 is 6.67.